The standard InChI is InChI=1S/C14H22O4/c1-5-15-13(16-6-2)11-9-10-12-14(17-7-3)18-8-4/h13-14H,5-8H2,1-4H3. The summed E-state index contributed by atoms with van der Waals surface area (Å²) in [6, 6.07) is 0. The van der Waals surface area contributed by atoms with E-state index in [1.807, 2.05) is 27.7 Å². The van der Waals surface area contributed by atoms with Gasteiger partial charge >= 0.3 is 0 Å². The van der Waals surface area contributed by atoms with Gasteiger partial charge in [-0.3, -0.25) is 0 Å². The Kier molecular flexibility index (Phi) is 11.7. The lowest BCUT2D eigenvalue weighted by molar-refractivity contribution is -0.0975. The van der Waals surface area contributed by atoms with Crippen molar-refractivity contribution in [3.05, 3.63) is 0 Å². The van der Waals surface area contributed by atoms with Gasteiger partial charge in [-0.2, -0.15) is 0 Å². The van der Waals surface area contributed by atoms with Gasteiger partial charge in [0.1, 0.15) is 0 Å². The molecule has 0 atom stereocenters. The summed E-state index contributed by atoms with van der Waals surface area (Å²) >= 11 is 0. The van der Waals surface area contributed by atoms with E-state index in [2.05, 4.69) is 23.7 Å². The van der Waals surface area contributed by atoms with Gasteiger partial charge in [0.2, 0.25) is 12.6 Å². The fourth-order valence-corrected chi connectivity index (χ4v) is 1.06. The van der Waals surface area contributed by atoms with Crippen molar-refractivity contribution in [2.24, 2.45) is 0 Å². The van der Waals surface area contributed by atoms with Crippen molar-refractivity contribution in [2.45, 2.75) is 40.3 Å². The zero-order chi connectivity index (χ0) is 13.6. The van der Waals surface area contributed by atoms with Crippen LogP contribution in [0.1, 0.15) is 27.7 Å². The Morgan fingerprint density at radius 2 is 0.889 bits per heavy atom. The second kappa shape index (κ2) is 12.4. The van der Waals surface area contributed by atoms with Crippen molar-refractivity contribution >= 4 is 0 Å². The van der Waals surface area contributed by atoms with Crippen LogP contribution in [0.2, 0.25) is 0 Å². The zero-order valence-corrected chi connectivity index (χ0v) is 11.6. The molecule has 4 nitrogen and oxygen atoms in total. The minimum Gasteiger partial charge on any atom is -0.342 e. The molecule has 0 aromatic carbocycles. The highest BCUT2D eigenvalue weighted by molar-refractivity contribution is 5.27. The van der Waals surface area contributed by atoms with Gasteiger partial charge in [0.25, 0.3) is 0 Å². The van der Waals surface area contributed by atoms with Crippen LogP contribution < -0.4 is 0 Å². The Labute approximate surface area is 110 Å². The molecule has 0 amide bonds. The quantitative estimate of drug-likeness (QED) is 0.489. The monoisotopic (exact) mass is 254 g/mol. The van der Waals surface area contributed by atoms with Crippen molar-refractivity contribution in [2.75, 3.05) is 26.4 Å². The maximum Gasteiger partial charge on any atom is 0.223 e. The van der Waals surface area contributed by atoms with Gasteiger partial charge in [-0.25, -0.2) is 0 Å². The molecule has 0 N–H and O–H groups in total. The molecule has 0 saturated carbocycles. The second-order valence-corrected chi connectivity index (χ2v) is 3.02. The van der Waals surface area contributed by atoms with Gasteiger partial charge in [0, 0.05) is 26.4 Å². The second-order valence-electron chi connectivity index (χ2n) is 3.02. The Balaban J connectivity index is 4.32. The molecule has 102 valence electrons. The van der Waals surface area contributed by atoms with Crippen LogP contribution in [0.5, 0.6) is 0 Å². The van der Waals surface area contributed by atoms with E-state index in [1.165, 1.54) is 0 Å². The smallest absolute Gasteiger partial charge is 0.223 e. The van der Waals surface area contributed by atoms with Crippen LogP contribution in [0.4, 0.5) is 0 Å². The Bertz CT molecular complexity index is 261. The number of ether oxygens (including phenoxy) is 4. The van der Waals surface area contributed by atoms with E-state index in [-0.39, 0.29) is 0 Å². The number of hydrogen-bond acceptors (Lipinski definition) is 4. The van der Waals surface area contributed by atoms with Gasteiger partial charge in [-0.15, -0.1) is 0 Å². The molecule has 0 aromatic rings. The average molecular weight is 254 g/mol. The summed E-state index contributed by atoms with van der Waals surface area (Å²) in [5.74, 6) is 10.9. The fourth-order valence-electron chi connectivity index (χ4n) is 1.06. The summed E-state index contributed by atoms with van der Waals surface area (Å²) in [5, 5.41) is 0. The largest absolute Gasteiger partial charge is 0.342 e. The van der Waals surface area contributed by atoms with E-state index in [9.17, 15) is 0 Å². The van der Waals surface area contributed by atoms with Crippen molar-refractivity contribution in [1.82, 2.24) is 0 Å². The van der Waals surface area contributed by atoms with Gasteiger partial charge < -0.3 is 18.9 Å². The first-order valence-corrected chi connectivity index (χ1v) is 6.25. The highest BCUT2D eigenvalue weighted by Crippen LogP contribution is 1.93. The first-order valence-electron chi connectivity index (χ1n) is 6.25. The van der Waals surface area contributed by atoms with E-state index < -0.39 is 12.6 Å². The lowest BCUT2D eigenvalue weighted by Crippen LogP contribution is -2.15. The minimum atomic E-state index is -0.521. The van der Waals surface area contributed by atoms with Crippen LogP contribution in [-0.2, 0) is 18.9 Å². The molecule has 0 unspecified atom stereocenters. The van der Waals surface area contributed by atoms with E-state index in [0.29, 0.717) is 26.4 Å². The summed E-state index contributed by atoms with van der Waals surface area (Å²) in [6.07, 6.45) is -1.04. The first kappa shape index (κ1) is 17.0. The summed E-state index contributed by atoms with van der Waals surface area (Å²) in [7, 11) is 0. The fraction of sp³-hybridized carbons (Fsp3) is 0.714. The molecular weight excluding hydrogens is 232 g/mol. The van der Waals surface area contributed by atoms with Crippen LogP contribution in [0, 0.1) is 23.7 Å². The number of hydrogen-bond donors (Lipinski definition) is 0. The maximum atomic E-state index is 5.26. The SMILES string of the molecule is CCOC(C#CC#CC(OCC)OCC)OCC. The van der Waals surface area contributed by atoms with Gasteiger partial charge in [-0.1, -0.05) is 0 Å². The molecule has 18 heavy (non-hydrogen) atoms. The van der Waals surface area contributed by atoms with Crippen molar-refractivity contribution in [3.63, 3.8) is 0 Å². The molecular formula is C14H22O4. The molecule has 0 rings (SSSR count). The summed E-state index contributed by atoms with van der Waals surface area (Å²) in [4.78, 5) is 0. The lowest BCUT2D eigenvalue weighted by atomic mass is 10.5. The van der Waals surface area contributed by atoms with Crippen LogP contribution in [-0.4, -0.2) is 39.0 Å². The molecule has 0 bridgehead atoms. The van der Waals surface area contributed by atoms with Gasteiger partial charge in [0.15, 0.2) is 0 Å². The maximum absolute atomic E-state index is 5.26. The molecule has 0 radical (unpaired) electrons. The van der Waals surface area contributed by atoms with Crippen LogP contribution in [0.3, 0.4) is 0 Å². The highest BCUT2D eigenvalue weighted by Gasteiger charge is 2.02. The molecule has 4 heteroatoms. The summed E-state index contributed by atoms with van der Waals surface area (Å²) in [5.41, 5.74) is 0. The van der Waals surface area contributed by atoms with E-state index in [0.717, 1.165) is 0 Å². The normalized spacial score (nSPS) is 9.89. The third-order valence-corrected chi connectivity index (χ3v) is 1.71. The van der Waals surface area contributed by atoms with Crippen LogP contribution in [0.25, 0.3) is 0 Å². The van der Waals surface area contributed by atoms with Crippen molar-refractivity contribution < 1.29 is 18.9 Å². The third kappa shape index (κ3) is 9.04. The minimum absolute atomic E-state index is 0.521. The predicted molar refractivity (Wildman–Crippen MR) is 69.6 cm³/mol. The highest BCUT2D eigenvalue weighted by atomic mass is 16.7. The molecule has 0 aliphatic heterocycles. The van der Waals surface area contributed by atoms with E-state index in [4.69, 9.17) is 18.9 Å². The van der Waals surface area contributed by atoms with Crippen LogP contribution >= 0.6 is 0 Å². The molecule has 0 heterocycles. The summed E-state index contributed by atoms with van der Waals surface area (Å²) < 4.78 is 21.0. The van der Waals surface area contributed by atoms with Crippen molar-refractivity contribution in [1.29, 1.82) is 0 Å². The zero-order valence-electron chi connectivity index (χ0n) is 11.6. The van der Waals surface area contributed by atoms with Gasteiger partial charge in [-0.05, 0) is 51.4 Å². The molecule has 0 spiro atoms. The third-order valence-electron chi connectivity index (χ3n) is 1.71. The molecule has 0 aliphatic carbocycles. The molecule has 0 saturated heterocycles. The molecule has 0 aliphatic rings. The van der Waals surface area contributed by atoms with E-state index in [1.54, 1.807) is 0 Å². The Morgan fingerprint density at radius 1 is 0.611 bits per heavy atom. The average Bonchev–Trinajstić information content (AvgIpc) is 2.35. The van der Waals surface area contributed by atoms with E-state index >= 15 is 0 Å². The Hall–Kier alpha value is -1.04. The number of rotatable bonds is 8. The van der Waals surface area contributed by atoms with Gasteiger partial charge in [0.05, 0.1) is 0 Å². The predicted octanol–water partition coefficient (Wildman–Crippen LogP) is 1.79. The first-order chi connectivity index (χ1) is 8.78. The Morgan fingerprint density at radius 3 is 1.11 bits per heavy atom. The lowest BCUT2D eigenvalue weighted by Gasteiger charge is -2.09. The summed E-state index contributed by atoms with van der Waals surface area (Å²) in [6.45, 7) is 9.75. The molecule has 0 fully saturated rings. The van der Waals surface area contributed by atoms with Crippen molar-refractivity contribution in [3.8, 4) is 23.7 Å². The molecule has 0 aromatic heterocycles. The van der Waals surface area contributed by atoms with Crippen LogP contribution in [0.15, 0.2) is 0 Å². The topological polar surface area (TPSA) is 36.9 Å².